The van der Waals surface area contributed by atoms with Gasteiger partial charge in [-0.2, -0.15) is 0 Å². The summed E-state index contributed by atoms with van der Waals surface area (Å²) in [6.07, 6.45) is 23.2. The second-order valence-electron chi connectivity index (χ2n) is 17.1. The smallest absolute Gasteiger partial charge is 0.0637 e. The molecule has 7 nitrogen and oxygen atoms in total. The molecule has 4 aliphatic rings. The van der Waals surface area contributed by atoms with Gasteiger partial charge in [-0.05, 0) is 157 Å². The number of nitrogens with one attached hydrogen (secondary N) is 1. The second kappa shape index (κ2) is 20.7. The lowest BCUT2D eigenvalue weighted by Gasteiger charge is -2.65. The Labute approximate surface area is 296 Å². The van der Waals surface area contributed by atoms with Crippen molar-refractivity contribution in [3.05, 3.63) is 0 Å². The molecule has 0 aromatic carbocycles. The van der Waals surface area contributed by atoms with Crippen molar-refractivity contribution < 1.29 is 14.2 Å². The number of ether oxygens (including phenoxy) is 3. The third kappa shape index (κ3) is 9.98. The van der Waals surface area contributed by atoms with E-state index in [1.54, 1.807) is 0 Å². The Hall–Kier alpha value is -0.280. The average molecular weight is 677 g/mol. The zero-order valence-corrected chi connectivity index (χ0v) is 32.0. The predicted molar refractivity (Wildman–Crippen MR) is 201 cm³/mol. The van der Waals surface area contributed by atoms with Gasteiger partial charge in [-0.1, -0.05) is 59.8 Å². The normalized spacial score (nSPS) is 36.8. The largest absolute Gasteiger partial charge is 0.378 e. The average Bonchev–Trinajstić information content (AvgIpc) is 3.44. The van der Waals surface area contributed by atoms with Crippen LogP contribution < -0.4 is 22.5 Å². The molecule has 0 heterocycles. The lowest BCUT2D eigenvalue weighted by molar-refractivity contribution is -0.227. The fraction of sp³-hybridized carbons (Fsp3) is 1.00. The molecule has 11 atom stereocenters. The maximum Gasteiger partial charge on any atom is 0.0637 e. The first kappa shape index (κ1) is 40.5. The SMILES string of the molecule is CCCCCCCCNCCC[C@@H](C)[C@H]1CC[C@H]2C3[C@H](OCCCN)CC4C[C@H](OCCCN)CC[C@]4(C)[C@H]3C[C@H](OCCCN)[C@]12C. The van der Waals surface area contributed by atoms with Crippen LogP contribution >= 0.6 is 0 Å². The molecule has 0 aliphatic heterocycles. The van der Waals surface area contributed by atoms with Crippen LogP contribution in [-0.4, -0.2) is 70.9 Å². The van der Waals surface area contributed by atoms with Gasteiger partial charge < -0.3 is 36.7 Å². The molecule has 4 fully saturated rings. The maximum atomic E-state index is 7.03. The highest BCUT2D eigenvalue weighted by molar-refractivity contribution is 5.15. The molecular weight excluding hydrogens is 596 g/mol. The van der Waals surface area contributed by atoms with E-state index in [1.165, 1.54) is 96.4 Å². The van der Waals surface area contributed by atoms with Gasteiger partial charge in [-0.3, -0.25) is 0 Å². The number of fused-ring (bicyclic) bond motifs is 5. The van der Waals surface area contributed by atoms with E-state index < -0.39 is 0 Å². The molecule has 0 radical (unpaired) electrons. The molecule has 0 amide bonds. The predicted octanol–water partition coefficient (Wildman–Crippen LogP) is 7.43. The fourth-order valence-electron chi connectivity index (χ4n) is 11.5. The molecule has 48 heavy (non-hydrogen) atoms. The summed E-state index contributed by atoms with van der Waals surface area (Å²) in [5.74, 6) is 3.92. The first-order chi connectivity index (χ1) is 23.3. The molecule has 4 rings (SSSR count). The van der Waals surface area contributed by atoms with Gasteiger partial charge in [0.2, 0.25) is 0 Å². The van der Waals surface area contributed by atoms with E-state index in [2.05, 4.69) is 33.0 Å². The van der Waals surface area contributed by atoms with Gasteiger partial charge in [0.25, 0.3) is 0 Å². The van der Waals surface area contributed by atoms with Crippen molar-refractivity contribution in [1.29, 1.82) is 0 Å². The van der Waals surface area contributed by atoms with E-state index >= 15 is 0 Å². The molecule has 4 saturated carbocycles. The molecule has 0 aromatic rings. The summed E-state index contributed by atoms with van der Waals surface area (Å²) in [5.41, 5.74) is 18.3. The van der Waals surface area contributed by atoms with E-state index in [1.807, 2.05) is 0 Å². The lowest BCUT2D eigenvalue weighted by Crippen LogP contribution is -2.63. The van der Waals surface area contributed by atoms with Crippen molar-refractivity contribution >= 4 is 0 Å². The number of nitrogens with two attached hydrogens (primary N) is 3. The van der Waals surface area contributed by atoms with E-state index in [4.69, 9.17) is 31.4 Å². The summed E-state index contributed by atoms with van der Waals surface area (Å²) < 4.78 is 20.4. The highest BCUT2D eigenvalue weighted by Gasteiger charge is 2.66. The van der Waals surface area contributed by atoms with Crippen molar-refractivity contribution in [1.82, 2.24) is 5.32 Å². The van der Waals surface area contributed by atoms with Crippen LogP contribution in [0.3, 0.4) is 0 Å². The summed E-state index contributed by atoms with van der Waals surface area (Å²) in [6, 6.07) is 0. The van der Waals surface area contributed by atoms with Gasteiger partial charge >= 0.3 is 0 Å². The molecule has 0 spiro atoms. The summed E-state index contributed by atoms with van der Waals surface area (Å²) >= 11 is 0. The van der Waals surface area contributed by atoms with Gasteiger partial charge in [0.1, 0.15) is 0 Å². The minimum absolute atomic E-state index is 0.183. The Morgan fingerprint density at radius 2 is 1.38 bits per heavy atom. The van der Waals surface area contributed by atoms with Crippen LogP contribution in [-0.2, 0) is 14.2 Å². The maximum absolute atomic E-state index is 7.03. The van der Waals surface area contributed by atoms with Crippen LogP contribution in [0.5, 0.6) is 0 Å². The van der Waals surface area contributed by atoms with Gasteiger partial charge in [-0.15, -0.1) is 0 Å². The third-order valence-electron chi connectivity index (χ3n) is 14.2. The van der Waals surface area contributed by atoms with Crippen molar-refractivity contribution in [2.24, 2.45) is 63.5 Å². The number of rotatable bonds is 24. The molecule has 7 N–H and O–H groups in total. The summed E-state index contributed by atoms with van der Waals surface area (Å²) in [7, 11) is 0. The molecule has 2 unspecified atom stereocenters. The van der Waals surface area contributed by atoms with Crippen LogP contribution in [0.2, 0.25) is 0 Å². The van der Waals surface area contributed by atoms with Crippen molar-refractivity contribution in [3.8, 4) is 0 Å². The first-order valence-corrected chi connectivity index (χ1v) is 21.0. The summed E-state index contributed by atoms with van der Waals surface area (Å²) in [4.78, 5) is 0. The molecule has 4 aliphatic carbocycles. The van der Waals surface area contributed by atoms with E-state index in [0.29, 0.717) is 78.9 Å². The van der Waals surface area contributed by atoms with Gasteiger partial charge in [-0.25, -0.2) is 0 Å². The Bertz CT molecular complexity index is 879. The molecule has 282 valence electrons. The van der Waals surface area contributed by atoms with Gasteiger partial charge in [0, 0.05) is 25.2 Å². The zero-order valence-electron chi connectivity index (χ0n) is 32.0. The summed E-state index contributed by atoms with van der Waals surface area (Å²) in [6.45, 7) is 17.0. The Kier molecular flexibility index (Phi) is 17.4. The first-order valence-electron chi connectivity index (χ1n) is 21.0. The number of unbranched alkanes of at least 4 members (excludes halogenated alkanes) is 5. The minimum atomic E-state index is 0.183. The topological polar surface area (TPSA) is 118 Å². The highest BCUT2D eigenvalue weighted by atomic mass is 16.5. The molecule has 0 bridgehead atoms. The van der Waals surface area contributed by atoms with Crippen LogP contribution in [0.4, 0.5) is 0 Å². The van der Waals surface area contributed by atoms with Gasteiger partial charge in [0.05, 0.1) is 18.3 Å². The third-order valence-corrected chi connectivity index (χ3v) is 14.2. The van der Waals surface area contributed by atoms with Crippen LogP contribution in [0.25, 0.3) is 0 Å². The monoisotopic (exact) mass is 677 g/mol. The Morgan fingerprint density at radius 1 is 0.708 bits per heavy atom. The lowest BCUT2D eigenvalue weighted by atomic mass is 9.43. The van der Waals surface area contributed by atoms with Crippen molar-refractivity contribution in [3.63, 3.8) is 0 Å². The molecule has 7 heteroatoms. The molecular formula is C41H80N4O3. The second-order valence-corrected chi connectivity index (χ2v) is 17.1. The molecule has 0 aromatic heterocycles. The van der Waals surface area contributed by atoms with Crippen LogP contribution in [0.15, 0.2) is 0 Å². The molecule has 0 saturated heterocycles. The highest BCUT2D eigenvalue weighted by Crippen LogP contribution is 2.69. The van der Waals surface area contributed by atoms with Gasteiger partial charge in [0.15, 0.2) is 0 Å². The standard InChI is InChI=1S/C41H80N4O3/c1-5-6-7-8-9-10-23-45-24-11-15-31(2)34-16-17-35-39-36(30-38(41(34,35)4)48-27-14-22-44)40(3)19-18-33(46-25-12-20-42)28-32(40)29-37(39)47-26-13-21-43/h31-39,45H,5-30,42-44H2,1-4H3/t31-,32?,33-,34-,35+,36+,37-,38+,39?,40+,41-/m1/s1. The van der Waals surface area contributed by atoms with E-state index in [0.717, 1.165) is 52.0 Å². The number of hydrogen-bond acceptors (Lipinski definition) is 7. The van der Waals surface area contributed by atoms with E-state index in [-0.39, 0.29) is 5.41 Å². The Balaban J connectivity index is 1.46. The van der Waals surface area contributed by atoms with Crippen molar-refractivity contribution in [2.75, 3.05) is 52.5 Å². The Morgan fingerprint density at radius 3 is 2.10 bits per heavy atom. The van der Waals surface area contributed by atoms with Crippen molar-refractivity contribution in [2.45, 2.75) is 162 Å². The van der Waals surface area contributed by atoms with Crippen LogP contribution in [0.1, 0.15) is 143 Å². The summed E-state index contributed by atoms with van der Waals surface area (Å²) in [5, 5.41) is 3.77. The quantitative estimate of drug-likeness (QED) is 0.0786. The number of hydrogen-bond donors (Lipinski definition) is 4. The fourth-order valence-corrected chi connectivity index (χ4v) is 11.5. The minimum Gasteiger partial charge on any atom is -0.378 e. The van der Waals surface area contributed by atoms with E-state index in [9.17, 15) is 0 Å². The van der Waals surface area contributed by atoms with Crippen LogP contribution in [0, 0.1) is 46.3 Å². The zero-order chi connectivity index (χ0) is 34.4.